The number of hydrogen-bond donors (Lipinski definition) is 2. The SMILES string of the molecule is CN=C(NCc1ccc(OC)c(Br)c1)N1CCC(NC(=O)OC(C)(C)C)C1.I. The van der Waals surface area contributed by atoms with Gasteiger partial charge in [-0.2, -0.15) is 0 Å². The van der Waals surface area contributed by atoms with Crippen molar-refractivity contribution in [2.75, 3.05) is 27.2 Å². The zero-order valence-corrected chi connectivity index (χ0v) is 21.0. The summed E-state index contributed by atoms with van der Waals surface area (Å²) in [6.07, 6.45) is 0.481. The molecule has 1 fully saturated rings. The molecule has 9 heteroatoms. The number of ether oxygens (including phenoxy) is 2. The molecule has 1 amide bonds. The van der Waals surface area contributed by atoms with E-state index in [0.29, 0.717) is 13.1 Å². The lowest BCUT2D eigenvalue weighted by Gasteiger charge is -2.23. The summed E-state index contributed by atoms with van der Waals surface area (Å²) in [6, 6.07) is 6.02. The van der Waals surface area contributed by atoms with Gasteiger partial charge in [0.25, 0.3) is 0 Å². The van der Waals surface area contributed by atoms with E-state index >= 15 is 0 Å². The van der Waals surface area contributed by atoms with E-state index < -0.39 is 5.60 Å². The molecule has 7 nitrogen and oxygen atoms in total. The Bertz CT molecular complexity index is 694. The number of aliphatic imine (C=N–C) groups is 1. The fourth-order valence-electron chi connectivity index (χ4n) is 2.88. The molecule has 2 N–H and O–H groups in total. The number of benzene rings is 1. The fourth-order valence-corrected chi connectivity index (χ4v) is 3.47. The molecule has 0 saturated carbocycles. The first-order valence-electron chi connectivity index (χ1n) is 8.99. The molecule has 2 rings (SSSR count). The summed E-state index contributed by atoms with van der Waals surface area (Å²) in [5.41, 5.74) is 0.624. The minimum Gasteiger partial charge on any atom is -0.496 e. The maximum Gasteiger partial charge on any atom is 0.407 e. The van der Waals surface area contributed by atoms with Crippen molar-refractivity contribution in [3.8, 4) is 5.75 Å². The Morgan fingerprint density at radius 3 is 2.68 bits per heavy atom. The Kier molecular flexibility index (Phi) is 9.82. The molecule has 0 aliphatic carbocycles. The van der Waals surface area contributed by atoms with E-state index in [-0.39, 0.29) is 36.1 Å². The van der Waals surface area contributed by atoms with Crippen molar-refractivity contribution in [2.24, 2.45) is 4.99 Å². The maximum atomic E-state index is 11.9. The summed E-state index contributed by atoms with van der Waals surface area (Å²) < 4.78 is 11.5. The van der Waals surface area contributed by atoms with Crippen LogP contribution in [-0.2, 0) is 11.3 Å². The van der Waals surface area contributed by atoms with Crippen LogP contribution in [0, 0.1) is 0 Å². The Balaban J connectivity index is 0.00000392. The minimum absolute atomic E-state index is 0. The minimum atomic E-state index is -0.493. The molecule has 28 heavy (non-hydrogen) atoms. The van der Waals surface area contributed by atoms with Gasteiger partial charge in [0.05, 0.1) is 17.6 Å². The Morgan fingerprint density at radius 1 is 1.39 bits per heavy atom. The molecular formula is C19H30BrIN4O3. The normalized spacial score (nSPS) is 17.0. The van der Waals surface area contributed by atoms with Gasteiger partial charge in [-0.3, -0.25) is 4.99 Å². The molecule has 0 aromatic heterocycles. The standard InChI is InChI=1S/C19H29BrN4O3.HI/c1-19(2,3)27-18(25)23-14-8-9-24(12-14)17(21-4)22-11-13-6-7-16(26-5)15(20)10-13;/h6-7,10,14H,8-9,11-12H2,1-5H3,(H,21,22)(H,23,25);1H. The fraction of sp³-hybridized carbons (Fsp3) is 0.579. The number of amides is 1. The average Bonchev–Trinajstić information content (AvgIpc) is 3.02. The van der Waals surface area contributed by atoms with Crippen LogP contribution in [0.4, 0.5) is 4.79 Å². The molecule has 0 radical (unpaired) electrons. The van der Waals surface area contributed by atoms with E-state index in [0.717, 1.165) is 34.7 Å². The van der Waals surface area contributed by atoms with E-state index in [1.807, 2.05) is 39.0 Å². The summed E-state index contributed by atoms with van der Waals surface area (Å²) in [5, 5.41) is 6.31. The van der Waals surface area contributed by atoms with Crippen LogP contribution in [0.25, 0.3) is 0 Å². The van der Waals surface area contributed by atoms with Crippen LogP contribution < -0.4 is 15.4 Å². The second-order valence-corrected chi connectivity index (χ2v) is 8.30. The molecule has 1 aromatic rings. The van der Waals surface area contributed by atoms with Crippen molar-refractivity contribution < 1.29 is 14.3 Å². The third-order valence-corrected chi connectivity index (χ3v) is 4.71. The number of carbonyl (C=O) groups is 1. The van der Waals surface area contributed by atoms with Gasteiger partial charge in [-0.1, -0.05) is 6.07 Å². The van der Waals surface area contributed by atoms with Crippen molar-refractivity contribution in [3.63, 3.8) is 0 Å². The highest BCUT2D eigenvalue weighted by Crippen LogP contribution is 2.25. The first-order valence-corrected chi connectivity index (χ1v) is 9.78. The highest BCUT2D eigenvalue weighted by atomic mass is 127. The van der Waals surface area contributed by atoms with Gasteiger partial charge in [0.15, 0.2) is 5.96 Å². The number of nitrogens with one attached hydrogen (secondary N) is 2. The first-order chi connectivity index (χ1) is 12.7. The number of guanidine groups is 1. The molecule has 1 aromatic carbocycles. The van der Waals surface area contributed by atoms with E-state index in [1.165, 1.54) is 0 Å². The number of alkyl carbamates (subject to hydrolysis) is 1. The quantitative estimate of drug-likeness (QED) is 0.329. The molecule has 1 saturated heterocycles. The van der Waals surface area contributed by atoms with E-state index in [9.17, 15) is 4.79 Å². The smallest absolute Gasteiger partial charge is 0.407 e. The van der Waals surface area contributed by atoms with Crippen LogP contribution in [0.3, 0.4) is 0 Å². The molecule has 1 heterocycles. The highest BCUT2D eigenvalue weighted by molar-refractivity contribution is 14.0. The van der Waals surface area contributed by atoms with Gasteiger partial charge >= 0.3 is 6.09 Å². The molecule has 158 valence electrons. The van der Waals surface area contributed by atoms with Gasteiger partial charge in [-0.15, -0.1) is 24.0 Å². The Labute approximate surface area is 192 Å². The Hall–Kier alpha value is -1.23. The predicted octanol–water partition coefficient (Wildman–Crippen LogP) is 3.75. The van der Waals surface area contributed by atoms with Crippen LogP contribution in [0.15, 0.2) is 27.7 Å². The lowest BCUT2D eigenvalue weighted by Crippen LogP contribution is -2.44. The van der Waals surface area contributed by atoms with E-state index in [1.54, 1.807) is 14.2 Å². The second kappa shape index (κ2) is 11.1. The molecule has 0 spiro atoms. The van der Waals surface area contributed by atoms with Crippen molar-refractivity contribution in [2.45, 2.75) is 45.4 Å². The summed E-state index contributed by atoms with van der Waals surface area (Å²) in [5.74, 6) is 1.62. The van der Waals surface area contributed by atoms with Gasteiger partial charge < -0.3 is 25.0 Å². The summed E-state index contributed by atoms with van der Waals surface area (Å²) in [4.78, 5) is 18.4. The third-order valence-electron chi connectivity index (χ3n) is 4.09. The molecular weight excluding hydrogens is 539 g/mol. The molecule has 1 aliphatic heterocycles. The largest absolute Gasteiger partial charge is 0.496 e. The summed E-state index contributed by atoms with van der Waals surface area (Å²) in [6.45, 7) is 7.75. The number of likely N-dealkylation sites (tertiary alicyclic amines) is 1. The van der Waals surface area contributed by atoms with E-state index in [2.05, 4.69) is 36.5 Å². The van der Waals surface area contributed by atoms with Crippen molar-refractivity contribution in [1.29, 1.82) is 0 Å². The van der Waals surface area contributed by atoms with Crippen LogP contribution in [0.5, 0.6) is 5.75 Å². The maximum absolute atomic E-state index is 11.9. The lowest BCUT2D eigenvalue weighted by atomic mass is 10.2. The molecule has 1 aliphatic rings. The van der Waals surface area contributed by atoms with Crippen molar-refractivity contribution >= 4 is 52.0 Å². The third kappa shape index (κ3) is 7.65. The zero-order valence-electron chi connectivity index (χ0n) is 17.0. The van der Waals surface area contributed by atoms with Crippen molar-refractivity contribution in [1.82, 2.24) is 15.5 Å². The van der Waals surface area contributed by atoms with Crippen LogP contribution >= 0.6 is 39.9 Å². The number of halogens is 2. The predicted molar refractivity (Wildman–Crippen MR) is 126 cm³/mol. The number of methoxy groups -OCH3 is 1. The molecule has 1 atom stereocenters. The molecule has 0 bridgehead atoms. The van der Waals surface area contributed by atoms with Crippen molar-refractivity contribution in [3.05, 3.63) is 28.2 Å². The zero-order chi connectivity index (χ0) is 20.0. The number of rotatable bonds is 4. The van der Waals surface area contributed by atoms with E-state index in [4.69, 9.17) is 9.47 Å². The van der Waals surface area contributed by atoms with Gasteiger partial charge in [0.1, 0.15) is 11.4 Å². The summed E-state index contributed by atoms with van der Waals surface area (Å²) in [7, 11) is 3.41. The van der Waals surface area contributed by atoms with Crippen LogP contribution in [-0.4, -0.2) is 55.8 Å². The van der Waals surface area contributed by atoms with Crippen LogP contribution in [0.1, 0.15) is 32.8 Å². The monoisotopic (exact) mass is 568 g/mol. The number of nitrogens with zero attached hydrogens (tertiary/aromatic N) is 2. The van der Waals surface area contributed by atoms with Gasteiger partial charge in [-0.05, 0) is 60.8 Å². The molecule has 1 unspecified atom stereocenters. The lowest BCUT2D eigenvalue weighted by molar-refractivity contribution is 0.0507. The Morgan fingerprint density at radius 2 is 2.11 bits per heavy atom. The number of carbonyl (C=O) groups excluding carboxylic acids is 1. The van der Waals surface area contributed by atoms with Crippen LogP contribution in [0.2, 0.25) is 0 Å². The number of hydrogen-bond acceptors (Lipinski definition) is 4. The summed E-state index contributed by atoms with van der Waals surface area (Å²) >= 11 is 3.50. The highest BCUT2D eigenvalue weighted by Gasteiger charge is 2.27. The second-order valence-electron chi connectivity index (χ2n) is 7.45. The first kappa shape index (κ1) is 24.8. The van der Waals surface area contributed by atoms with Gasteiger partial charge in [-0.25, -0.2) is 4.79 Å². The van der Waals surface area contributed by atoms with Gasteiger partial charge in [0, 0.05) is 26.7 Å². The average molecular weight is 569 g/mol. The van der Waals surface area contributed by atoms with Gasteiger partial charge in [0.2, 0.25) is 0 Å². The topological polar surface area (TPSA) is 75.2 Å².